The van der Waals surface area contributed by atoms with Gasteiger partial charge in [0.1, 0.15) is 18.1 Å². The number of aryl methyl sites for hydroxylation is 2. The summed E-state index contributed by atoms with van der Waals surface area (Å²) in [5.74, 6) is 0.261. The highest BCUT2D eigenvalue weighted by Crippen LogP contribution is 2.31. The van der Waals surface area contributed by atoms with Gasteiger partial charge < -0.3 is 25.2 Å². The molecule has 3 N–H and O–H groups in total. The first-order valence-corrected chi connectivity index (χ1v) is 10.9. The first-order valence-electron chi connectivity index (χ1n) is 9.78. The topological polar surface area (TPSA) is 139 Å². The number of aromatic hydroxyl groups is 1. The smallest absolute Gasteiger partial charge is 0.395 e. The van der Waals surface area contributed by atoms with Crippen LogP contribution in [0.1, 0.15) is 43.2 Å². The highest BCUT2D eigenvalue weighted by Gasteiger charge is 2.20. The van der Waals surface area contributed by atoms with Crippen molar-refractivity contribution in [3.05, 3.63) is 46.8 Å². The molecule has 0 saturated heterocycles. The average Bonchev–Trinajstić information content (AvgIpc) is 2.70. The van der Waals surface area contributed by atoms with Crippen molar-refractivity contribution in [2.75, 3.05) is 0 Å². The molecule has 0 bridgehead atoms. The first-order chi connectivity index (χ1) is 14.6. The largest absolute Gasteiger partial charge is 0.575 e. The molecule has 2 rings (SSSR count). The summed E-state index contributed by atoms with van der Waals surface area (Å²) in [5.41, 5.74) is 8.30. The molecular formula is C21H28N3O6P. The van der Waals surface area contributed by atoms with Crippen LogP contribution < -0.4 is 19.9 Å². The average molecular weight is 449 g/mol. The van der Waals surface area contributed by atoms with Gasteiger partial charge in [-0.25, -0.2) is 4.79 Å². The van der Waals surface area contributed by atoms with Crippen molar-refractivity contribution in [1.82, 2.24) is 4.98 Å². The molecule has 31 heavy (non-hydrogen) atoms. The second-order valence-electron chi connectivity index (χ2n) is 7.22. The SMILES string of the molecule is Cc1ccc(O[P+]([O-])=N[C@@H](C)C(=O)OC(C)C)cc1OCc1cnc(C)c(O)c1CN. The lowest BCUT2D eigenvalue weighted by Crippen LogP contribution is -2.21. The van der Waals surface area contributed by atoms with Gasteiger partial charge in [-0.05, 0) is 46.2 Å². The summed E-state index contributed by atoms with van der Waals surface area (Å²) in [6.45, 7) is 8.76. The summed E-state index contributed by atoms with van der Waals surface area (Å²) in [7, 11) is -2.49. The van der Waals surface area contributed by atoms with E-state index < -0.39 is 20.2 Å². The number of nitrogens with two attached hydrogens (primary N) is 1. The van der Waals surface area contributed by atoms with Gasteiger partial charge in [-0.1, -0.05) is 10.8 Å². The maximum Gasteiger partial charge on any atom is 0.395 e. The van der Waals surface area contributed by atoms with Crippen LogP contribution in [0.4, 0.5) is 0 Å². The fourth-order valence-corrected chi connectivity index (χ4v) is 3.34. The molecule has 0 saturated carbocycles. The van der Waals surface area contributed by atoms with Crippen molar-refractivity contribution in [1.29, 1.82) is 0 Å². The van der Waals surface area contributed by atoms with E-state index in [1.54, 1.807) is 45.2 Å². The van der Waals surface area contributed by atoms with Crippen LogP contribution >= 0.6 is 8.17 Å². The highest BCUT2D eigenvalue weighted by atomic mass is 31.1. The lowest BCUT2D eigenvalue weighted by atomic mass is 10.1. The molecule has 2 aromatic rings. The Morgan fingerprint density at radius 2 is 2.03 bits per heavy atom. The molecule has 1 aromatic carbocycles. The van der Waals surface area contributed by atoms with Crippen molar-refractivity contribution >= 4 is 14.1 Å². The van der Waals surface area contributed by atoms with Crippen molar-refractivity contribution < 1.29 is 28.8 Å². The summed E-state index contributed by atoms with van der Waals surface area (Å²) in [6.07, 6.45) is 1.33. The van der Waals surface area contributed by atoms with Crippen molar-refractivity contribution in [2.45, 2.75) is 59.9 Å². The van der Waals surface area contributed by atoms with E-state index in [1.165, 1.54) is 6.92 Å². The minimum Gasteiger partial charge on any atom is -0.575 e. The summed E-state index contributed by atoms with van der Waals surface area (Å²) in [5, 5.41) is 10.1. The summed E-state index contributed by atoms with van der Waals surface area (Å²) < 4.78 is 20.1. The molecule has 0 amide bonds. The molecule has 1 unspecified atom stereocenters. The number of aromatic nitrogens is 1. The number of rotatable bonds is 9. The molecule has 168 valence electrons. The molecule has 1 heterocycles. The van der Waals surface area contributed by atoms with Crippen molar-refractivity contribution in [3.63, 3.8) is 0 Å². The van der Waals surface area contributed by atoms with Crippen LogP contribution in [-0.2, 0) is 22.7 Å². The first kappa shape index (κ1) is 24.5. The predicted octanol–water partition coefficient (Wildman–Crippen LogP) is 3.02. The van der Waals surface area contributed by atoms with Gasteiger partial charge in [-0.15, -0.1) is 0 Å². The molecule has 9 nitrogen and oxygen atoms in total. The molecule has 10 heteroatoms. The molecule has 0 aliphatic heterocycles. The summed E-state index contributed by atoms with van der Waals surface area (Å²) >= 11 is 0. The summed E-state index contributed by atoms with van der Waals surface area (Å²) in [4.78, 5) is 28.1. The predicted molar refractivity (Wildman–Crippen MR) is 115 cm³/mol. The number of pyridine rings is 1. The Labute approximate surface area is 182 Å². The fourth-order valence-electron chi connectivity index (χ4n) is 2.62. The van der Waals surface area contributed by atoms with E-state index >= 15 is 0 Å². The van der Waals surface area contributed by atoms with E-state index in [-0.39, 0.29) is 30.8 Å². The zero-order valence-electron chi connectivity index (χ0n) is 18.3. The minimum absolute atomic E-state index is 0.0566. The third-order valence-corrected chi connectivity index (χ3v) is 5.22. The van der Waals surface area contributed by atoms with Crippen molar-refractivity contribution in [3.8, 4) is 17.2 Å². The van der Waals surface area contributed by atoms with E-state index in [2.05, 4.69) is 9.73 Å². The van der Waals surface area contributed by atoms with E-state index in [0.717, 1.165) is 5.56 Å². The van der Waals surface area contributed by atoms with Crippen LogP contribution in [0.5, 0.6) is 17.2 Å². The number of benzene rings is 1. The Morgan fingerprint density at radius 1 is 1.32 bits per heavy atom. The van der Waals surface area contributed by atoms with Crippen LogP contribution in [0.25, 0.3) is 0 Å². The highest BCUT2D eigenvalue weighted by molar-refractivity contribution is 7.34. The molecule has 0 fully saturated rings. The Kier molecular flexibility index (Phi) is 8.74. The number of hydrogen-bond acceptors (Lipinski definition) is 9. The maximum absolute atomic E-state index is 12.2. The molecule has 0 spiro atoms. The zero-order valence-corrected chi connectivity index (χ0v) is 19.2. The molecule has 2 atom stereocenters. The Bertz CT molecular complexity index is 964. The van der Waals surface area contributed by atoms with Crippen LogP contribution in [0.15, 0.2) is 29.1 Å². The molecular weight excluding hydrogens is 421 g/mol. The number of ether oxygens (including phenoxy) is 2. The third-order valence-electron chi connectivity index (χ3n) is 4.32. The fraction of sp³-hybridized carbons (Fsp3) is 0.429. The minimum atomic E-state index is -2.49. The molecule has 1 aromatic heterocycles. The van der Waals surface area contributed by atoms with Crippen molar-refractivity contribution in [2.24, 2.45) is 10.5 Å². The van der Waals surface area contributed by atoms with Gasteiger partial charge >= 0.3 is 14.1 Å². The van der Waals surface area contributed by atoms with Crippen LogP contribution in [0.2, 0.25) is 0 Å². The van der Waals surface area contributed by atoms with Gasteiger partial charge in [0.05, 0.1) is 11.8 Å². The monoisotopic (exact) mass is 449 g/mol. The second-order valence-corrected chi connectivity index (χ2v) is 8.11. The Hall–Kier alpha value is -2.74. The molecule has 0 aliphatic rings. The van der Waals surface area contributed by atoms with E-state index in [0.29, 0.717) is 22.6 Å². The number of nitrogens with zero attached hydrogens (tertiary/aromatic N) is 2. The van der Waals surface area contributed by atoms with Gasteiger partial charge in [-0.2, -0.15) is 0 Å². The summed E-state index contributed by atoms with van der Waals surface area (Å²) in [6, 6.07) is 4.05. The number of hydrogen-bond donors (Lipinski definition) is 2. The van der Waals surface area contributed by atoms with Gasteiger partial charge in [-0.3, -0.25) is 9.51 Å². The number of carbonyl (C=O) groups is 1. The lowest BCUT2D eigenvalue weighted by Gasteiger charge is -2.14. The third kappa shape index (κ3) is 6.89. The Balaban J connectivity index is 2.11. The van der Waals surface area contributed by atoms with E-state index in [9.17, 15) is 14.8 Å². The standard InChI is InChI=1S/C21H28N3O6P/c1-12(2)29-21(26)15(5)24-31(27)30-17-7-6-13(3)19(8-17)28-11-16-10-23-14(4)20(25)18(16)9-22/h6-8,10,12,15,25H,9,11,22H2,1-5H3/t15-/m0/s1. The number of carbonyl (C=O) groups excluding carboxylic acids is 1. The second kappa shape index (κ2) is 11.0. The zero-order chi connectivity index (χ0) is 23.1. The maximum atomic E-state index is 12.2. The van der Waals surface area contributed by atoms with Crippen LogP contribution in [0.3, 0.4) is 0 Å². The molecule has 0 aliphatic carbocycles. The van der Waals surface area contributed by atoms with Gasteiger partial charge in [0.25, 0.3) is 0 Å². The van der Waals surface area contributed by atoms with Crippen LogP contribution in [0, 0.1) is 13.8 Å². The lowest BCUT2D eigenvalue weighted by molar-refractivity contribution is -0.170. The van der Waals surface area contributed by atoms with Gasteiger partial charge in [0.2, 0.25) is 0 Å². The Morgan fingerprint density at radius 3 is 2.68 bits per heavy atom. The number of esters is 1. The normalized spacial score (nSPS) is 12.6. The van der Waals surface area contributed by atoms with Crippen LogP contribution in [-0.4, -0.2) is 28.2 Å². The van der Waals surface area contributed by atoms with Gasteiger partial charge in [0.15, 0.2) is 11.8 Å². The quantitative estimate of drug-likeness (QED) is 0.440. The van der Waals surface area contributed by atoms with E-state index in [4.69, 9.17) is 19.7 Å². The van der Waals surface area contributed by atoms with Gasteiger partial charge in [0, 0.05) is 29.9 Å². The molecule has 0 radical (unpaired) electrons. The van der Waals surface area contributed by atoms with E-state index in [1.807, 2.05) is 6.92 Å².